The Hall–Kier alpha value is -2.84. The SMILES string of the molecule is CC/C=C\C/C=C\C/C=C\C/C=C\C/C=C\C/C=C\C/C=C\C/C=C\C/C=C\CCCC(=O)NC(COP(=O)([O-])OCC[N+](C)(C)C)C(O)CCCCCCCCCCCCC. The monoisotopic (exact) mass is 883 g/mol. The molecule has 0 aromatic rings. The minimum Gasteiger partial charge on any atom is -0.756 e. The van der Waals surface area contributed by atoms with Crippen molar-refractivity contribution in [2.45, 2.75) is 180 Å². The number of aliphatic hydroxyl groups is 1. The van der Waals surface area contributed by atoms with E-state index >= 15 is 0 Å². The number of likely N-dealkylation sites (N-methyl/N-ethyl adjacent to an activating group) is 1. The van der Waals surface area contributed by atoms with Gasteiger partial charge in [-0.25, -0.2) is 0 Å². The highest BCUT2D eigenvalue weighted by molar-refractivity contribution is 7.45. The number of carbonyl (C=O) groups is 1. The zero-order chi connectivity index (χ0) is 45.7. The molecule has 0 aromatic heterocycles. The molecule has 3 atom stereocenters. The van der Waals surface area contributed by atoms with Crippen LogP contribution < -0.4 is 10.2 Å². The fourth-order valence-corrected chi connectivity index (χ4v) is 6.94. The molecule has 0 spiro atoms. The molecule has 0 radical (unpaired) electrons. The minimum absolute atomic E-state index is 0.00527. The van der Waals surface area contributed by atoms with Gasteiger partial charge in [-0.3, -0.25) is 9.36 Å². The van der Waals surface area contributed by atoms with Crippen LogP contribution in [-0.4, -0.2) is 68.5 Å². The van der Waals surface area contributed by atoms with Gasteiger partial charge in [-0.15, -0.1) is 0 Å². The van der Waals surface area contributed by atoms with E-state index in [1.54, 1.807) is 0 Å². The van der Waals surface area contributed by atoms with Gasteiger partial charge in [-0.1, -0.05) is 194 Å². The van der Waals surface area contributed by atoms with Gasteiger partial charge >= 0.3 is 0 Å². The minimum atomic E-state index is -4.59. The number of aliphatic hydroxyl groups excluding tert-OH is 1. The first kappa shape index (κ1) is 59.2. The number of carbonyl (C=O) groups excluding carboxylic acids is 1. The van der Waals surface area contributed by atoms with Crippen LogP contribution in [0, 0.1) is 0 Å². The molecule has 3 unspecified atom stereocenters. The Bertz CT molecular complexity index is 1370. The van der Waals surface area contributed by atoms with E-state index in [1.807, 2.05) is 21.1 Å². The van der Waals surface area contributed by atoms with Crippen molar-refractivity contribution in [3.05, 3.63) is 109 Å². The number of nitrogens with zero attached hydrogens (tertiary/aromatic N) is 1. The first-order valence-corrected chi connectivity index (χ1v) is 25.7. The maximum absolute atomic E-state index is 12.9. The summed E-state index contributed by atoms with van der Waals surface area (Å²) in [6.45, 7) is 4.52. The standard InChI is InChI=1S/C53H91N2O6P/c1-6-8-10-12-14-16-18-19-20-21-22-23-24-25-26-27-28-29-30-31-32-33-34-35-37-39-41-43-45-47-53(57)54-51(50-61-62(58,59)60-49-48-55(3,4)5)52(56)46-44-42-40-38-36-17-15-13-11-9-7-2/h8,10,14,16,19-20,22-23,25-26,28-29,31-32,34-35,39,41,51-52,56H,6-7,9,11-13,15,17-18,21,24,27,30,33,36-38,40,42-50H2,1-5H3,(H-,54,57,58,59)/b10-8-,16-14-,20-19-,23-22-,26-25-,29-28-,32-31-,35-34-,41-39-. The average Bonchev–Trinajstić information content (AvgIpc) is 3.23. The number of rotatable bonds is 42. The highest BCUT2D eigenvalue weighted by Crippen LogP contribution is 2.38. The number of quaternary nitrogens is 1. The molecule has 1 amide bonds. The van der Waals surface area contributed by atoms with E-state index < -0.39 is 20.0 Å². The summed E-state index contributed by atoms with van der Waals surface area (Å²) in [7, 11) is 1.25. The molecule has 62 heavy (non-hydrogen) atoms. The summed E-state index contributed by atoms with van der Waals surface area (Å²) in [5.74, 6) is -0.229. The maximum Gasteiger partial charge on any atom is 0.268 e. The van der Waals surface area contributed by atoms with Crippen molar-refractivity contribution in [1.82, 2.24) is 5.32 Å². The molecule has 0 aromatic carbocycles. The number of phosphoric acid groups is 1. The van der Waals surface area contributed by atoms with Gasteiger partial charge in [0.05, 0.1) is 39.9 Å². The van der Waals surface area contributed by atoms with E-state index in [9.17, 15) is 19.4 Å². The van der Waals surface area contributed by atoms with Crippen LogP contribution in [0.3, 0.4) is 0 Å². The Morgan fingerprint density at radius 1 is 0.581 bits per heavy atom. The quantitative estimate of drug-likeness (QED) is 0.0274. The van der Waals surface area contributed by atoms with Gasteiger partial charge in [-0.05, 0) is 77.0 Å². The summed E-state index contributed by atoms with van der Waals surface area (Å²) in [4.78, 5) is 25.3. The number of hydrogen-bond acceptors (Lipinski definition) is 6. The summed E-state index contributed by atoms with van der Waals surface area (Å²) in [5.41, 5.74) is 0. The normalized spacial score (nSPS) is 15.1. The zero-order valence-corrected chi connectivity index (χ0v) is 40.9. The largest absolute Gasteiger partial charge is 0.756 e. The highest BCUT2D eigenvalue weighted by Gasteiger charge is 2.24. The third kappa shape index (κ3) is 45.2. The van der Waals surface area contributed by atoms with Crippen molar-refractivity contribution < 1.29 is 32.9 Å². The summed E-state index contributed by atoms with van der Waals surface area (Å²) < 4.78 is 23.2. The first-order valence-electron chi connectivity index (χ1n) is 24.2. The van der Waals surface area contributed by atoms with Crippen LogP contribution in [0.15, 0.2) is 109 Å². The molecule has 0 fully saturated rings. The van der Waals surface area contributed by atoms with Crippen LogP contribution >= 0.6 is 7.82 Å². The summed E-state index contributed by atoms with van der Waals surface area (Å²) in [5, 5.41) is 13.8. The van der Waals surface area contributed by atoms with E-state index in [0.29, 0.717) is 23.9 Å². The van der Waals surface area contributed by atoms with E-state index in [2.05, 4.69) is 129 Å². The molecule has 2 N–H and O–H groups in total. The van der Waals surface area contributed by atoms with Gasteiger partial charge < -0.3 is 28.8 Å². The number of allylic oxidation sites excluding steroid dienone is 18. The fourth-order valence-electron chi connectivity index (χ4n) is 6.22. The van der Waals surface area contributed by atoms with Crippen molar-refractivity contribution in [2.75, 3.05) is 40.9 Å². The lowest BCUT2D eigenvalue weighted by Gasteiger charge is -2.30. The van der Waals surface area contributed by atoms with Gasteiger partial charge in [-0.2, -0.15) is 0 Å². The Labute approximate surface area is 381 Å². The van der Waals surface area contributed by atoms with Gasteiger partial charge in [0.2, 0.25) is 5.91 Å². The molecule has 0 aliphatic heterocycles. The van der Waals surface area contributed by atoms with Crippen LogP contribution in [0.5, 0.6) is 0 Å². The Balaban J connectivity index is 4.37. The van der Waals surface area contributed by atoms with E-state index in [4.69, 9.17) is 9.05 Å². The molecule has 0 saturated heterocycles. The van der Waals surface area contributed by atoms with Crippen molar-refractivity contribution in [3.63, 3.8) is 0 Å². The van der Waals surface area contributed by atoms with E-state index in [1.165, 1.54) is 51.4 Å². The molecule has 8 nitrogen and oxygen atoms in total. The van der Waals surface area contributed by atoms with Gasteiger partial charge in [0.15, 0.2) is 0 Å². The summed E-state index contributed by atoms with van der Waals surface area (Å²) >= 11 is 0. The Kier molecular flexibility index (Phi) is 41.4. The lowest BCUT2D eigenvalue weighted by atomic mass is 10.0. The topological polar surface area (TPSA) is 108 Å². The number of amides is 1. The molecule has 0 aliphatic rings. The smallest absolute Gasteiger partial charge is 0.268 e. The van der Waals surface area contributed by atoms with Gasteiger partial charge in [0, 0.05) is 6.42 Å². The van der Waals surface area contributed by atoms with E-state index in [0.717, 1.165) is 83.5 Å². The van der Waals surface area contributed by atoms with Crippen molar-refractivity contribution in [3.8, 4) is 0 Å². The average molecular weight is 883 g/mol. The lowest BCUT2D eigenvalue weighted by molar-refractivity contribution is -0.870. The van der Waals surface area contributed by atoms with Crippen LogP contribution in [0.1, 0.15) is 168 Å². The summed E-state index contributed by atoms with van der Waals surface area (Å²) in [6.07, 6.45) is 62.6. The van der Waals surface area contributed by atoms with Crippen LogP contribution in [-0.2, 0) is 18.4 Å². The molecular weight excluding hydrogens is 792 g/mol. The molecule has 0 bridgehead atoms. The number of phosphoric ester groups is 1. The predicted molar refractivity (Wildman–Crippen MR) is 265 cm³/mol. The van der Waals surface area contributed by atoms with Crippen LogP contribution in [0.25, 0.3) is 0 Å². The lowest BCUT2D eigenvalue weighted by Crippen LogP contribution is -2.46. The second-order valence-electron chi connectivity index (χ2n) is 17.1. The number of unbranched alkanes of at least 4 members (excludes halogenated alkanes) is 11. The third-order valence-electron chi connectivity index (χ3n) is 10.0. The second-order valence-corrected chi connectivity index (χ2v) is 18.5. The first-order chi connectivity index (χ1) is 30.0. The Morgan fingerprint density at radius 2 is 0.968 bits per heavy atom. The third-order valence-corrected chi connectivity index (χ3v) is 11.0. The fraction of sp³-hybridized carbons (Fsp3) is 0.642. The van der Waals surface area contributed by atoms with Crippen molar-refractivity contribution in [2.24, 2.45) is 0 Å². The summed E-state index contributed by atoms with van der Waals surface area (Å²) in [6, 6.07) is -0.838. The highest BCUT2D eigenvalue weighted by atomic mass is 31.2. The van der Waals surface area contributed by atoms with Crippen molar-refractivity contribution >= 4 is 13.7 Å². The van der Waals surface area contributed by atoms with E-state index in [-0.39, 0.29) is 25.5 Å². The number of hydrogen-bond donors (Lipinski definition) is 2. The second kappa shape index (κ2) is 43.4. The Morgan fingerprint density at radius 3 is 1.37 bits per heavy atom. The van der Waals surface area contributed by atoms with Crippen molar-refractivity contribution in [1.29, 1.82) is 0 Å². The molecule has 9 heteroatoms. The molecular formula is C53H91N2O6P. The molecule has 0 rings (SSSR count). The van der Waals surface area contributed by atoms with Gasteiger partial charge in [0.25, 0.3) is 7.82 Å². The molecule has 0 heterocycles. The van der Waals surface area contributed by atoms with Gasteiger partial charge in [0.1, 0.15) is 13.2 Å². The van der Waals surface area contributed by atoms with Crippen LogP contribution in [0.2, 0.25) is 0 Å². The number of nitrogens with one attached hydrogen (secondary N) is 1. The molecule has 0 saturated carbocycles. The zero-order valence-electron chi connectivity index (χ0n) is 40.0. The van der Waals surface area contributed by atoms with Crippen LogP contribution in [0.4, 0.5) is 0 Å². The molecule has 354 valence electrons. The maximum atomic E-state index is 12.9. The molecule has 0 aliphatic carbocycles. The predicted octanol–water partition coefficient (Wildman–Crippen LogP) is 13.4.